The summed E-state index contributed by atoms with van der Waals surface area (Å²) in [6.45, 7) is 1.84. The Morgan fingerprint density at radius 3 is 2.62 bits per heavy atom. The predicted octanol–water partition coefficient (Wildman–Crippen LogP) is 1.95. The molecule has 1 aromatic carbocycles. The summed E-state index contributed by atoms with van der Waals surface area (Å²) in [4.78, 5) is 22.6. The van der Waals surface area contributed by atoms with Crippen molar-refractivity contribution in [2.45, 2.75) is 24.9 Å². The number of ether oxygens (including phenoxy) is 1. The summed E-state index contributed by atoms with van der Waals surface area (Å²) in [5.74, 6) is 0.175. The molecular formula is C21H22N6O2. The minimum absolute atomic E-state index is 0.127. The Kier molecular flexibility index (Phi) is 4.28. The van der Waals surface area contributed by atoms with Gasteiger partial charge in [0.25, 0.3) is 5.91 Å². The molecule has 0 aliphatic carbocycles. The first kappa shape index (κ1) is 17.8. The summed E-state index contributed by atoms with van der Waals surface area (Å²) in [5.41, 5.74) is 8.71. The van der Waals surface area contributed by atoms with Crippen LogP contribution >= 0.6 is 0 Å². The molecule has 1 fully saturated rings. The van der Waals surface area contributed by atoms with Crippen LogP contribution < -0.4 is 5.73 Å². The second-order valence-corrected chi connectivity index (χ2v) is 7.49. The molecule has 29 heavy (non-hydrogen) atoms. The highest BCUT2D eigenvalue weighted by Gasteiger charge is 2.44. The number of benzene rings is 1. The fraction of sp³-hybridized carbons (Fsp3) is 0.333. The van der Waals surface area contributed by atoms with Crippen molar-refractivity contribution < 1.29 is 9.53 Å². The van der Waals surface area contributed by atoms with Crippen LogP contribution in [0, 0.1) is 0 Å². The molecule has 1 spiro atoms. The number of para-hydroxylation sites is 1. The molecule has 4 heterocycles. The van der Waals surface area contributed by atoms with Gasteiger partial charge in [0.2, 0.25) is 0 Å². The van der Waals surface area contributed by atoms with Gasteiger partial charge in [-0.25, -0.2) is 14.6 Å². The van der Waals surface area contributed by atoms with Crippen molar-refractivity contribution in [3.8, 4) is 5.69 Å². The van der Waals surface area contributed by atoms with Crippen molar-refractivity contribution in [1.82, 2.24) is 24.6 Å². The number of carbonyl (C=O) groups excluding carboxylic acids is 1. The van der Waals surface area contributed by atoms with E-state index in [9.17, 15) is 4.79 Å². The predicted molar refractivity (Wildman–Crippen MR) is 106 cm³/mol. The second kappa shape index (κ2) is 6.97. The maximum Gasteiger partial charge on any atom is 0.274 e. The molecule has 8 nitrogen and oxygen atoms in total. The number of piperidine rings is 1. The van der Waals surface area contributed by atoms with E-state index in [4.69, 9.17) is 15.6 Å². The van der Waals surface area contributed by atoms with Gasteiger partial charge in [-0.05, 0) is 37.0 Å². The van der Waals surface area contributed by atoms with Crippen molar-refractivity contribution in [2.24, 2.45) is 0 Å². The second-order valence-electron chi connectivity index (χ2n) is 7.49. The zero-order valence-corrected chi connectivity index (χ0v) is 16.0. The molecule has 2 aromatic heterocycles. The van der Waals surface area contributed by atoms with Gasteiger partial charge >= 0.3 is 0 Å². The maximum absolute atomic E-state index is 12.7. The van der Waals surface area contributed by atoms with Crippen LogP contribution in [0.5, 0.6) is 0 Å². The van der Waals surface area contributed by atoms with Crippen LogP contribution in [-0.4, -0.2) is 50.3 Å². The van der Waals surface area contributed by atoms with Gasteiger partial charge in [-0.15, -0.1) is 0 Å². The highest BCUT2D eigenvalue weighted by Crippen LogP contribution is 2.41. The molecule has 148 valence electrons. The van der Waals surface area contributed by atoms with Gasteiger partial charge in [0.1, 0.15) is 17.1 Å². The SMILES string of the molecule is Nc1cnc(C(=O)N2CCC3(CC2)OCCc2cn(-c4ccccc4)nc23)cn1. The number of fused-ring (bicyclic) bond motifs is 2. The van der Waals surface area contributed by atoms with Gasteiger partial charge in [-0.2, -0.15) is 5.10 Å². The number of carbonyl (C=O) groups is 1. The largest absolute Gasteiger partial charge is 0.382 e. The normalized spacial score (nSPS) is 17.9. The highest BCUT2D eigenvalue weighted by molar-refractivity contribution is 5.92. The third kappa shape index (κ3) is 3.15. The lowest BCUT2D eigenvalue weighted by molar-refractivity contribution is -0.0963. The molecule has 0 unspecified atom stereocenters. The van der Waals surface area contributed by atoms with Crippen LogP contribution in [0.1, 0.15) is 34.6 Å². The number of aromatic nitrogens is 4. The van der Waals surface area contributed by atoms with E-state index in [2.05, 4.69) is 16.2 Å². The van der Waals surface area contributed by atoms with Crippen molar-refractivity contribution in [2.75, 3.05) is 25.4 Å². The van der Waals surface area contributed by atoms with Crippen LogP contribution in [0.15, 0.2) is 48.9 Å². The number of hydrogen-bond donors (Lipinski definition) is 1. The lowest BCUT2D eigenvalue weighted by Crippen LogP contribution is -2.48. The minimum atomic E-state index is -0.433. The number of nitrogens with zero attached hydrogens (tertiary/aromatic N) is 5. The minimum Gasteiger partial charge on any atom is -0.382 e. The summed E-state index contributed by atoms with van der Waals surface area (Å²) in [6, 6.07) is 10.1. The molecule has 3 aromatic rings. The average Bonchev–Trinajstić information content (AvgIpc) is 3.21. The quantitative estimate of drug-likeness (QED) is 0.718. The van der Waals surface area contributed by atoms with E-state index in [1.807, 2.05) is 35.0 Å². The Morgan fingerprint density at radius 2 is 1.90 bits per heavy atom. The number of anilines is 1. The summed E-state index contributed by atoms with van der Waals surface area (Å²) < 4.78 is 8.21. The number of rotatable bonds is 2. The number of likely N-dealkylation sites (tertiary alicyclic amines) is 1. The average molecular weight is 390 g/mol. The molecule has 0 atom stereocenters. The zero-order valence-electron chi connectivity index (χ0n) is 16.0. The number of nitrogens with two attached hydrogens (primary N) is 1. The lowest BCUT2D eigenvalue weighted by Gasteiger charge is -2.42. The van der Waals surface area contributed by atoms with Crippen LogP contribution in [0.3, 0.4) is 0 Å². The van der Waals surface area contributed by atoms with Gasteiger partial charge in [-0.3, -0.25) is 4.79 Å². The van der Waals surface area contributed by atoms with Gasteiger partial charge in [0.05, 0.1) is 30.4 Å². The molecular weight excluding hydrogens is 368 g/mol. The molecule has 0 saturated carbocycles. The van der Waals surface area contributed by atoms with Crippen molar-refractivity contribution >= 4 is 11.7 Å². The smallest absolute Gasteiger partial charge is 0.274 e. The topological polar surface area (TPSA) is 99.2 Å². The Morgan fingerprint density at radius 1 is 1.10 bits per heavy atom. The first-order valence-corrected chi connectivity index (χ1v) is 9.80. The molecule has 0 radical (unpaired) electrons. The molecule has 5 rings (SSSR count). The number of hydrogen-bond acceptors (Lipinski definition) is 6. The fourth-order valence-electron chi connectivity index (χ4n) is 4.18. The third-order valence-electron chi connectivity index (χ3n) is 5.74. The van der Waals surface area contributed by atoms with E-state index < -0.39 is 5.60 Å². The monoisotopic (exact) mass is 390 g/mol. The molecule has 0 bridgehead atoms. The van der Waals surface area contributed by atoms with E-state index in [0.717, 1.165) is 17.8 Å². The van der Waals surface area contributed by atoms with Gasteiger partial charge in [0, 0.05) is 19.3 Å². The maximum atomic E-state index is 12.7. The number of nitrogen functional groups attached to an aromatic ring is 1. The first-order valence-electron chi connectivity index (χ1n) is 9.80. The van der Waals surface area contributed by atoms with E-state index in [-0.39, 0.29) is 5.91 Å². The molecule has 1 saturated heterocycles. The Labute approximate surface area is 168 Å². The fourth-order valence-corrected chi connectivity index (χ4v) is 4.18. The lowest BCUT2D eigenvalue weighted by atomic mass is 9.83. The van der Waals surface area contributed by atoms with Gasteiger partial charge in [-0.1, -0.05) is 18.2 Å². The first-order chi connectivity index (χ1) is 14.1. The highest BCUT2D eigenvalue weighted by atomic mass is 16.5. The Balaban J connectivity index is 1.37. The van der Waals surface area contributed by atoms with Crippen LogP contribution in [-0.2, 0) is 16.8 Å². The summed E-state index contributed by atoms with van der Waals surface area (Å²) >= 11 is 0. The molecule has 1 amide bonds. The van der Waals surface area contributed by atoms with E-state index in [1.165, 1.54) is 18.0 Å². The summed E-state index contributed by atoms with van der Waals surface area (Å²) in [7, 11) is 0. The van der Waals surface area contributed by atoms with Crippen LogP contribution in [0.25, 0.3) is 5.69 Å². The van der Waals surface area contributed by atoms with Crippen LogP contribution in [0.4, 0.5) is 5.82 Å². The molecule has 2 aliphatic rings. The van der Waals surface area contributed by atoms with Crippen molar-refractivity contribution in [3.05, 3.63) is 65.9 Å². The van der Waals surface area contributed by atoms with E-state index in [1.54, 1.807) is 4.90 Å². The molecule has 2 aliphatic heterocycles. The van der Waals surface area contributed by atoms with Crippen LogP contribution in [0.2, 0.25) is 0 Å². The number of amides is 1. The molecule has 8 heteroatoms. The summed E-state index contributed by atoms with van der Waals surface area (Å²) in [6.07, 6.45) is 7.22. The Hall–Kier alpha value is -3.26. The van der Waals surface area contributed by atoms with E-state index in [0.29, 0.717) is 44.0 Å². The third-order valence-corrected chi connectivity index (χ3v) is 5.74. The summed E-state index contributed by atoms with van der Waals surface area (Å²) in [5, 5.41) is 4.89. The van der Waals surface area contributed by atoms with Gasteiger partial charge in [0.15, 0.2) is 0 Å². The van der Waals surface area contributed by atoms with Crippen molar-refractivity contribution in [1.29, 1.82) is 0 Å². The Bertz CT molecular complexity index is 1020. The van der Waals surface area contributed by atoms with Gasteiger partial charge < -0.3 is 15.4 Å². The van der Waals surface area contributed by atoms with Crippen molar-refractivity contribution in [3.63, 3.8) is 0 Å². The van der Waals surface area contributed by atoms with E-state index >= 15 is 0 Å². The standard InChI is InChI=1S/C21H22N6O2/c22-18-13-23-17(12-24-18)20(28)26-9-7-21(8-10-26)19-15(6-11-29-21)14-27(25-19)16-4-2-1-3-5-16/h1-5,12-14H,6-11H2,(H2,22,24). The molecule has 2 N–H and O–H groups in total. The zero-order chi connectivity index (χ0) is 19.8.